The molecule has 6 heteroatoms. The number of pyridine rings is 1. The minimum absolute atomic E-state index is 0.0543. The van der Waals surface area contributed by atoms with Crippen LogP contribution in [0.25, 0.3) is 0 Å². The quantitative estimate of drug-likeness (QED) is 0.662. The van der Waals surface area contributed by atoms with E-state index < -0.39 is 0 Å². The number of aromatic nitrogens is 2. The van der Waals surface area contributed by atoms with Gasteiger partial charge in [0.2, 0.25) is 0 Å². The van der Waals surface area contributed by atoms with E-state index in [1.165, 1.54) is 22.9 Å². The molecule has 0 radical (unpaired) electrons. The van der Waals surface area contributed by atoms with Gasteiger partial charge in [0.25, 0.3) is 5.91 Å². The molecule has 0 aliphatic heterocycles. The smallest absolute Gasteiger partial charge is 0.254 e. The summed E-state index contributed by atoms with van der Waals surface area (Å²) >= 11 is 1.49. The summed E-state index contributed by atoms with van der Waals surface area (Å²) in [5.74, 6) is 1.31. The molecular formula is C21H21N3O2S. The van der Waals surface area contributed by atoms with E-state index in [4.69, 9.17) is 4.52 Å². The summed E-state index contributed by atoms with van der Waals surface area (Å²) in [6, 6.07) is 13.9. The van der Waals surface area contributed by atoms with Gasteiger partial charge in [-0.15, -0.1) is 0 Å². The van der Waals surface area contributed by atoms with Crippen molar-refractivity contribution in [1.29, 1.82) is 0 Å². The first-order chi connectivity index (χ1) is 13.2. The van der Waals surface area contributed by atoms with Crippen molar-refractivity contribution in [2.75, 3.05) is 0 Å². The largest absolute Gasteiger partial charge is 0.361 e. The first kappa shape index (κ1) is 17.8. The predicted molar refractivity (Wildman–Crippen MR) is 105 cm³/mol. The molecule has 0 spiro atoms. The van der Waals surface area contributed by atoms with Gasteiger partial charge in [0.15, 0.2) is 0 Å². The van der Waals surface area contributed by atoms with E-state index in [0.29, 0.717) is 16.3 Å². The third-order valence-electron chi connectivity index (χ3n) is 4.72. The Hall–Kier alpha value is -2.60. The second kappa shape index (κ2) is 7.96. The zero-order chi connectivity index (χ0) is 18.6. The van der Waals surface area contributed by atoms with Crippen LogP contribution in [0, 0.1) is 6.92 Å². The van der Waals surface area contributed by atoms with E-state index in [0.717, 1.165) is 30.7 Å². The van der Waals surface area contributed by atoms with Crippen LogP contribution in [0.15, 0.2) is 58.2 Å². The molecule has 2 aromatic heterocycles. The normalized spacial score (nSPS) is 16.0. The predicted octanol–water partition coefficient (Wildman–Crippen LogP) is 4.48. The van der Waals surface area contributed by atoms with Crippen LogP contribution in [-0.2, 0) is 12.2 Å². The number of thioether (sulfide) groups is 1. The molecule has 138 valence electrons. The van der Waals surface area contributed by atoms with Crippen molar-refractivity contribution in [1.82, 2.24) is 15.5 Å². The van der Waals surface area contributed by atoms with Gasteiger partial charge in [-0.1, -0.05) is 41.2 Å². The molecule has 1 amide bonds. The molecular weight excluding hydrogens is 358 g/mol. The lowest BCUT2D eigenvalue weighted by atomic mass is 9.87. The number of amides is 1. The Balaban J connectivity index is 1.49. The molecule has 0 unspecified atom stereocenters. The zero-order valence-electron chi connectivity index (χ0n) is 15.1. The first-order valence-electron chi connectivity index (χ1n) is 9.09. The molecule has 4 rings (SSSR count). The number of nitrogens with zero attached hydrogens (tertiary/aromatic N) is 2. The SMILES string of the molecule is Cc1cc(CSc2ncccc2C(=O)N[C@H]2CCCc3ccccc32)no1. The van der Waals surface area contributed by atoms with Gasteiger partial charge < -0.3 is 9.84 Å². The monoisotopic (exact) mass is 379 g/mol. The standard InChI is InChI=1S/C21H21N3O2S/c1-14-12-16(24-26-14)13-27-21-18(9-5-11-22-21)20(25)23-19-10-4-7-15-6-2-3-8-17(15)19/h2-3,5-6,8-9,11-12,19H,4,7,10,13H2,1H3,(H,23,25)/t19-/m0/s1. The fourth-order valence-corrected chi connectivity index (χ4v) is 4.32. The van der Waals surface area contributed by atoms with Crippen LogP contribution in [-0.4, -0.2) is 16.0 Å². The van der Waals surface area contributed by atoms with Crippen molar-refractivity contribution in [3.05, 3.63) is 76.8 Å². The van der Waals surface area contributed by atoms with E-state index in [2.05, 4.69) is 33.7 Å². The Morgan fingerprint density at radius 3 is 3.04 bits per heavy atom. The molecule has 5 nitrogen and oxygen atoms in total. The fraction of sp³-hybridized carbons (Fsp3) is 0.286. The maximum absolute atomic E-state index is 13.0. The maximum Gasteiger partial charge on any atom is 0.254 e. The highest BCUT2D eigenvalue weighted by atomic mass is 32.2. The van der Waals surface area contributed by atoms with Crippen molar-refractivity contribution in [2.45, 2.75) is 43.0 Å². The summed E-state index contributed by atoms with van der Waals surface area (Å²) in [6.45, 7) is 1.86. The number of rotatable bonds is 5. The highest BCUT2D eigenvalue weighted by Gasteiger charge is 2.23. The van der Waals surface area contributed by atoms with E-state index in [9.17, 15) is 4.79 Å². The average Bonchev–Trinajstić information content (AvgIpc) is 3.12. The fourth-order valence-electron chi connectivity index (χ4n) is 3.45. The number of carbonyl (C=O) groups is 1. The summed E-state index contributed by atoms with van der Waals surface area (Å²) in [6.07, 6.45) is 4.84. The van der Waals surface area contributed by atoms with Gasteiger partial charge in [-0.2, -0.15) is 0 Å². The summed E-state index contributed by atoms with van der Waals surface area (Å²) in [5.41, 5.74) is 4.01. The Bertz CT molecular complexity index is 954. The molecule has 0 bridgehead atoms. The lowest BCUT2D eigenvalue weighted by molar-refractivity contribution is 0.0929. The summed E-state index contributed by atoms with van der Waals surface area (Å²) < 4.78 is 5.10. The number of carbonyl (C=O) groups excluding carboxylic acids is 1. The van der Waals surface area contributed by atoms with Crippen LogP contribution in [0.4, 0.5) is 0 Å². The minimum Gasteiger partial charge on any atom is -0.361 e. The number of nitrogens with one attached hydrogen (secondary N) is 1. The molecule has 27 heavy (non-hydrogen) atoms. The number of fused-ring (bicyclic) bond motifs is 1. The van der Waals surface area contributed by atoms with E-state index in [-0.39, 0.29) is 11.9 Å². The molecule has 0 saturated heterocycles. The first-order valence-corrected chi connectivity index (χ1v) is 10.1. The van der Waals surface area contributed by atoms with Gasteiger partial charge >= 0.3 is 0 Å². The molecule has 3 aromatic rings. The van der Waals surface area contributed by atoms with Crippen molar-refractivity contribution < 1.29 is 9.32 Å². The van der Waals surface area contributed by atoms with Crippen molar-refractivity contribution in [2.24, 2.45) is 0 Å². The highest BCUT2D eigenvalue weighted by molar-refractivity contribution is 7.98. The second-order valence-corrected chi connectivity index (χ2v) is 7.65. The van der Waals surface area contributed by atoms with Crippen molar-refractivity contribution >= 4 is 17.7 Å². The molecule has 0 saturated carbocycles. The van der Waals surface area contributed by atoms with Crippen LogP contribution in [0.5, 0.6) is 0 Å². The molecule has 1 atom stereocenters. The van der Waals surface area contributed by atoms with E-state index in [1.54, 1.807) is 12.3 Å². The summed E-state index contributed by atoms with van der Waals surface area (Å²) in [7, 11) is 0. The van der Waals surface area contributed by atoms with Crippen LogP contribution < -0.4 is 5.32 Å². The molecule has 2 heterocycles. The van der Waals surface area contributed by atoms with Gasteiger partial charge in [0.05, 0.1) is 17.3 Å². The minimum atomic E-state index is -0.0800. The Kier molecular flexibility index (Phi) is 5.25. The molecule has 1 aliphatic carbocycles. The van der Waals surface area contributed by atoms with Gasteiger partial charge in [-0.05, 0) is 49.4 Å². The third kappa shape index (κ3) is 4.06. The van der Waals surface area contributed by atoms with E-state index in [1.807, 2.05) is 25.1 Å². The van der Waals surface area contributed by atoms with Gasteiger partial charge in [0, 0.05) is 18.0 Å². The molecule has 1 aromatic carbocycles. The lowest BCUT2D eigenvalue weighted by Crippen LogP contribution is -2.31. The van der Waals surface area contributed by atoms with Crippen LogP contribution in [0.3, 0.4) is 0 Å². The van der Waals surface area contributed by atoms with Gasteiger partial charge in [0.1, 0.15) is 10.8 Å². The molecule has 1 N–H and O–H groups in total. The number of benzene rings is 1. The number of aryl methyl sites for hydroxylation is 2. The Morgan fingerprint density at radius 2 is 2.19 bits per heavy atom. The van der Waals surface area contributed by atoms with Gasteiger partial charge in [-0.25, -0.2) is 4.98 Å². The third-order valence-corrected chi connectivity index (χ3v) is 5.76. The van der Waals surface area contributed by atoms with Crippen LogP contribution in [0.2, 0.25) is 0 Å². The number of hydrogen-bond acceptors (Lipinski definition) is 5. The Morgan fingerprint density at radius 1 is 1.30 bits per heavy atom. The molecule has 1 aliphatic rings. The van der Waals surface area contributed by atoms with Crippen LogP contribution in [0.1, 0.15) is 51.8 Å². The van der Waals surface area contributed by atoms with E-state index >= 15 is 0 Å². The molecule has 0 fully saturated rings. The van der Waals surface area contributed by atoms with Gasteiger partial charge in [-0.3, -0.25) is 4.79 Å². The summed E-state index contributed by atoms with van der Waals surface area (Å²) in [4.78, 5) is 17.4. The van der Waals surface area contributed by atoms with Crippen molar-refractivity contribution in [3.63, 3.8) is 0 Å². The Labute approximate surface area is 162 Å². The maximum atomic E-state index is 13.0. The number of hydrogen-bond donors (Lipinski definition) is 1. The topological polar surface area (TPSA) is 68.0 Å². The zero-order valence-corrected chi connectivity index (χ0v) is 16.0. The average molecular weight is 379 g/mol. The highest BCUT2D eigenvalue weighted by Crippen LogP contribution is 2.30. The van der Waals surface area contributed by atoms with Crippen molar-refractivity contribution in [3.8, 4) is 0 Å². The lowest BCUT2D eigenvalue weighted by Gasteiger charge is -2.26. The second-order valence-electron chi connectivity index (χ2n) is 6.69. The van der Waals surface area contributed by atoms with Crippen LogP contribution >= 0.6 is 11.8 Å². The summed E-state index contributed by atoms with van der Waals surface area (Å²) in [5, 5.41) is 7.92.